The molecule has 1 fully saturated rings. The second-order valence-corrected chi connectivity index (χ2v) is 6.34. The zero-order valence-electron chi connectivity index (χ0n) is 14.9. The van der Waals surface area contributed by atoms with Crippen molar-refractivity contribution in [3.8, 4) is 0 Å². The molecule has 0 aromatic heterocycles. The van der Waals surface area contributed by atoms with E-state index in [2.05, 4.69) is 0 Å². The molecule has 1 saturated heterocycles. The first-order chi connectivity index (χ1) is 13.1. The van der Waals surface area contributed by atoms with Crippen LogP contribution >= 0.6 is 0 Å². The molecule has 1 amide bonds. The van der Waals surface area contributed by atoms with Gasteiger partial charge in [0.15, 0.2) is 0 Å². The van der Waals surface area contributed by atoms with Crippen LogP contribution in [0.1, 0.15) is 24.0 Å². The molecule has 0 bridgehead atoms. The Bertz CT molecular complexity index is 791. The van der Waals surface area contributed by atoms with Gasteiger partial charge in [0.25, 0.3) is 0 Å². The minimum absolute atomic E-state index is 0.0476. The summed E-state index contributed by atoms with van der Waals surface area (Å²) in [5.74, 6) is -0.660. The summed E-state index contributed by atoms with van der Waals surface area (Å²) in [5.41, 5.74) is 1.69. The van der Waals surface area contributed by atoms with Gasteiger partial charge in [-0.15, -0.1) is 0 Å². The zero-order chi connectivity index (χ0) is 19.1. The van der Waals surface area contributed by atoms with E-state index in [4.69, 9.17) is 9.47 Å². The molecule has 1 unspecified atom stereocenters. The Labute approximate surface area is 157 Å². The maximum absolute atomic E-state index is 12.5. The van der Waals surface area contributed by atoms with E-state index in [-0.39, 0.29) is 38.4 Å². The van der Waals surface area contributed by atoms with Gasteiger partial charge in [0.1, 0.15) is 25.0 Å². The lowest BCUT2D eigenvalue weighted by Gasteiger charge is -2.32. The quantitative estimate of drug-likeness (QED) is 0.760. The normalized spacial score (nSPS) is 16.7. The molecule has 1 aliphatic rings. The number of hydrogen-bond acceptors (Lipinski definition) is 5. The summed E-state index contributed by atoms with van der Waals surface area (Å²) in [6.07, 6.45) is -0.454. The number of nitrogens with zero attached hydrogens (tertiary/aromatic N) is 1. The molecule has 0 N–H and O–H groups in total. The number of rotatable bonds is 5. The molecule has 140 valence electrons. The number of likely N-dealkylation sites (tertiary alicyclic amines) is 1. The predicted octanol–water partition coefficient (Wildman–Crippen LogP) is 3.10. The monoisotopic (exact) mass is 367 g/mol. The van der Waals surface area contributed by atoms with Gasteiger partial charge in [-0.2, -0.15) is 0 Å². The van der Waals surface area contributed by atoms with Gasteiger partial charge in [-0.05, 0) is 11.1 Å². The maximum Gasteiger partial charge on any atom is 0.410 e. The summed E-state index contributed by atoms with van der Waals surface area (Å²) in [5, 5.41) is 0. The van der Waals surface area contributed by atoms with Crippen molar-refractivity contribution in [1.82, 2.24) is 4.90 Å². The first-order valence-corrected chi connectivity index (χ1v) is 8.83. The van der Waals surface area contributed by atoms with Crippen LogP contribution in [0.15, 0.2) is 60.7 Å². The second kappa shape index (κ2) is 8.98. The van der Waals surface area contributed by atoms with Crippen molar-refractivity contribution >= 4 is 17.8 Å². The molecule has 6 heteroatoms. The number of esters is 1. The highest BCUT2D eigenvalue weighted by Gasteiger charge is 2.37. The third-order valence-electron chi connectivity index (χ3n) is 4.36. The summed E-state index contributed by atoms with van der Waals surface area (Å²) in [6, 6.07) is 17.6. The summed E-state index contributed by atoms with van der Waals surface area (Å²) in [4.78, 5) is 38.0. The fraction of sp³-hybridized carbons (Fsp3) is 0.286. The summed E-state index contributed by atoms with van der Waals surface area (Å²) in [7, 11) is 0. The summed E-state index contributed by atoms with van der Waals surface area (Å²) < 4.78 is 10.6. The van der Waals surface area contributed by atoms with Crippen LogP contribution in [0.2, 0.25) is 0 Å². The fourth-order valence-corrected chi connectivity index (χ4v) is 2.89. The highest BCUT2D eigenvalue weighted by Crippen LogP contribution is 2.18. The highest BCUT2D eigenvalue weighted by atomic mass is 16.6. The van der Waals surface area contributed by atoms with Crippen molar-refractivity contribution < 1.29 is 23.9 Å². The van der Waals surface area contributed by atoms with E-state index in [9.17, 15) is 14.4 Å². The highest BCUT2D eigenvalue weighted by molar-refractivity contribution is 5.91. The van der Waals surface area contributed by atoms with Gasteiger partial charge in [-0.1, -0.05) is 60.7 Å². The number of carbonyl (C=O) groups excluding carboxylic acids is 3. The van der Waals surface area contributed by atoms with Crippen LogP contribution in [0.3, 0.4) is 0 Å². The lowest BCUT2D eigenvalue weighted by molar-refractivity contribution is -0.154. The van der Waals surface area contributed by atoms with Crippen LogP contribution in [0, 0.1) is 0 Å². The second-order valence-electron chi connectivity index (χ2n) is 6.34. The van der Waals surface area contributed by atoms with Crippen molar-refractivity contribution in [1.29, 1.82) is 0 Å². The van der Waals surface area contributed by atoms with Crippen LogP contribution in [-0.4, -0.2) is 35.3 Å². The molecule has 1 heterocycles. The third-order valence-corrected chi connectivity index (χ3v) is 4.36. The van der Waals surface area contributed by atoms with Gasteiger partial charge in [0.2, 0.25) is 0 Å². The Morgan fingerprint density at radius 2 is 1.44 bits per heavy atom. The van der Waals surface area contributed by atoms with E-state index in [1.807, 2.05) is 60.7 Å². The number of benzene rings is 2. The number of carbonyl (C=O) groups is 3. The molecule has 0 aliphatic carbocycles. The van der Waals surface area contributed by atoms with Crippen molar-refractivity contribution in [2.45, 2.75) is 32.1 Å². The molecule has 27 heavy (non-hydrogen) atoms. The van der Waals surface area contributed by atoms with Crippen LogP contribution in [0.25, 0.3) is 0 Å². The smallest absolute Gasteiger partial charge is 0.410 e. The molecule has 0 spiro atoms. The molecule has 1 aliphatic heterocycles. The molecule has 2 aromatic carbocycles. The molecule has 1 atom stereocenters. The summed E-state index contributed by atoms with van der Waals surface area (Å²) in [6.45, 7) is 0.352. The van der Waals surface area contributed by atoms with E-state index >= 15 is 0 Å². The van der Waals surface area contributed by atoms with Gasteiger partial charge < -0.3 is 9.47 Å². The molecule has 3 rings (SSSR count). The Kier molecular flexibility index (Phi) is 6.20. The minimum Gasteiger partial charge on any atom is -0.459 e. The van der Waals surface area contributed by atoms with Crippen molar-refractivity contribution in [2.75, 3.05) is 6.54 Å². The molecular weight excluding hydrogens is 346 g/mol. The van der Waals surface area contributed by atoms with Crippen molar-refractivity contribution in [3.05, 3.63) is 71.8 Å². The van der Waals surface area contributed by atoms with E-state index in [0.29, 0.717) is 0 Å². The largest absolute Gasteiger partial charge is 0.459 e. The fourth-order valence-electron chi connectivity index (χ4n) is 2.89. The SMILES string of the molecule is O=C1CCN(C(=O)OCc2ccccc2)C(C(=O)OCc2ccccc2)C1. The number of ether oxygens (including phenoxy) is 2. The van der Waals surface area contributed by atoms with E-state index < -0.39 is 18.1 Å². The zero-order valence-corrected chi connectivity index (χ0v) is 14.9. The standard InChI is InChI=1S/C21H21NO5/c23-18-11-12-22(21(25)27-15-17-9-5-2-6-10-17)19(13-18)20(24)26-14-16-7-3-1-4-8-16/h1-10,19H,11-15H2. The topological polar surface area (TPSA) is 72.9 Å². The van der Waals surface area contributed by atoms with Crippen LogP contribution < -0.4 is 0 Å². The van der Waals surface area contributed by atoms with Gasteiger partial charge in [-0.25, -0.2) is 9.59 Å². The van der Waals surface area contributed by atoms with Gasteiger partial charge >= 0.3 is 12.1 Å². The van der Waals surface area contributed by atoms with E-state index in [1.165, 1.54) is 4.90 Å². The number of ketones is 1. The first-order valence-electron chi connectivity index (χ1n) is 8.83. The number of amides is 1. The van der Waals surface area contributed by atoms with Gasteiger partial charge in [0.05, 0.1) is 0 Å². The van der Waals surface area contributed by atoms with Crippen molar-refractivity contribution in [3.63, 3.8) is 0 Å². The minimum atomic E-state index is -0.946. The number of hydrogen-bond donors (Lipinski definition) is 0. The third kappa shape index (κ3) is 5.17. The summed E-state index contributed by atoms with van der Waals surface area (Å²) >= 11 is 0. The number of piperidine rings is 1. The molecular formula is C21H21NO5. The Hall–Kier alpha value is -3.15. The van der Waals surface area contributed by atoms with Crippen molar-refractivity contribution in [2.24, 2.45) is 0 Å². The van der Waals surface area contributed by atoms with E-state index in [1.54, 1.807) is 0 Å². The van der Waals surface area contributed by atoms with E-state index in [0.717, 1.165) is 11.1 Å². The predicted molar refractivity (Wildman–Crippen MR) is 97.6 cm³/mol. The Morgan fingerprint density at radius 1 is 0.889 bits per heavy atom. The average Bonchev–Trinajstić information content (AvgIpc) is 2.71. The Morgan fingerprint density at radius 3 is 2.04 bits per heavy atom. The van der Waals surface area contributed by atoms with Gasteiger partial charge in [-0.3, -0.25) is 9.69 Å². The van der Waals surface area contributed by atoms with Crippen LogP contribution in [0.5, 0.6) is 0 Å². The molecule has 0 radical (unpaired) electrons. The number of Topliss-reactive ketones (excluding diaryl/α,β-unsaturated/α-hetero) is 1. The maximum atomic E-state index is 12.5. The lowest BCUT2D eigenvalue weighted by Crippen LogP contribution is -2.51. The Balaban J connectivity index is 1.60. The molecule has 6 nitrogen and oxygen atoms in total. The van der Waals surface area contributed by atoms with Gasteiger partial charge in [0, 0.05) is 19.4 Å². The molecule has 0 saturated carbocycles. The van der Waals surface area contributed by atoms with Crippen LogP contribution in [-0.2, 0) is 32.3 Å². The average molecular weight is 367 g/mol. The van der Waals surface area contributed by atoms with Crippen LogP contribution in [0.4, 0.5) is 4.79 Å². The molecule has 2 aromatic rings. The lowest BCUT2D eigenvalue weighted by atomic mass is 10.0. The first kappa shape index (κ1) is 18.6.